The fourth-order valence-corrected chi connectivity index (χ4v) is 4.11. The van der Waals surface area contributed by atoms with Crippen molar-refractivity contribution >= 4 is 22.8 Å². The monoisotopic (exact) mass is 418 g/mol. The fourth-order valence-electron chi connectivity index (χ4n) is 3.18. The van der Waals surface area contributed by atoms with Gasteiger partial charge in [-0.2, -0.15) is 0 Å². The zero-order valence-electron chi connectivity index (χ0n) is 17.2. The molecule has 3 rings (SSSR count). The van der Waals surface area contributed by atoms with Crippen molar-refractivity contribution in [3.8, 4) is 11.1 Å². The average molecular weight is 419 g/mol. The van der Waals surface area contributed by atoms with Crippen LogP contribution in [0.15, 0.2) is 79.1 Å². The van der Waals surface area contributed by atoms with Crippen LogP contribution < -0.4 is 5.32 Å². The quantitative estimate of drug-likeness (QED) is 0.577. The van der Waals surface area contributed by atoms with Gasteiger partial charge in [0.25, 0.3) is 0 Å². The predicted molar refractivity (Wildman–Crippen MR) is 123 cm³/mol. The molecule has 0 radical (unpaired) electrons. The van der Waals surface area contributed by atoms with Crippen LogP contribution in [0.4, 0.5) is 0 Å². The van der Waals surface area contributed by atoms with Gasteiger partial charge in [-0.3, -0.25) is 14.6 Å². The maximum Gasteiger partial charge on any atom is 0.225 e. The Labute approximate surface area is 182 Å². The molecule has 4 nitrogen and oxygen atoms in total. The summed E-state index contributed by atoms with van der Waals surface area (Å²) in [6.07, 6.45) is 4.34. The van der Waals surface area contributed by atoms with Gasteiger partial charge in [0, 0.05) is 17.6 Å². The first-order valence-electron chi connectivity index (χ1n) is 10.0. The molecule has 154 valence electrons. The summed E-state index contributed by atoms with van der Waals surface area (Å²) in [5.74, 6) is -0.173. The third kappa shape index (κ3) is 6.56. The van der Waals surface area contributed by atoms with Crippen molar-refractivity contribution in [1.29, 1.82) is 0 Å². The molecule has 0 saturated carbocycles. The molecule has 0 aliphatic carbocycles. The molecule has 1 amide bonds. The second-order valence-corrected chi connectivity index (χ2v) is 8.78. The van der Waals surface area contributed by atoms with E-state index in [4.69, 9.17) is 0 Å². The number of carbonyl (C=O) groups excluding carboxylic acids is 2. The Kier molecular flexibility index (Phi) is 7.80. The summed E-state index contributed by atoms with van der Waals surface area (Å²) in [6, 6.07) is 21.8. The molecule has 30 heavy (non-hydrogen) atoms. The number of carbonyl (C=O) groups is 2. The highest BCUT2D eigenvalue weighted by Crippen LogP contribution is 2.22. The van der Waals surface area contributed by atoms with Crippen LogP contribution in [0.2, 0.25) is 0 Å². The van der Waals surface area contributed by atoms with Gasteiger partial charge in [-0.1, -0.05) is 79.3 Å². The number of nitrogens with one attached hydrogen (secondary N) is 1. The second-order valence-electron chi connectivity index (χ2n) is 7.34. The van der Waals surface area contributed by atoms with E-state index in [-0.39, 0.29) is 22.7 Å². The minimum atomic E-state index is -0.526. The summed E-state index contributed by atoms with van der Waals surface area (Å²) in [7, 11) is 0. The van der Waals surface area contributed by atoms with Crippen molar-refractivity contribution in [2.24, 2.45) is 0 Å². The lowest BCUT2D eigenvalue weighted by molar-refractivity contribution is -0.123. The van der Waals surface area contributed by atoms with Crippen LogP contribution in [-0.2, 0) is 22.4 Å². The summed E-state index contributed by atoms with van der Waals surface area (Å²) in [4.78, 5) is 28.7. The van der Waals surface area contributed by atoms with Gasteiger partial charge in [-0.25, -0.2) is 0 Å². The van der Waals surface area contributed by atoms with Crippen molar-refractivity contribution in [3.05, 3.63) is 90.3 Å². The lowest BCUT2D eigenvalue weighted by atomic mass is 10.0. The van der Waals surface area contributed by atoms with E-state index in [0.29, 0.717) is 0 Å². The Hall–Kier alpha value is -2.92. The van der Waals surface area contributed by atoms with Crippen molar-refractivity contribution in [1.82, 2.24) is 10.3 Å². The maximum absolute atomic E-state index is 12.5. The van der Waals surface area contributed by atoms with E-state index in [1.165, 1.54) is 28.5 Å². The van der Waals surface area contributed by atoms with Gasteiger partial charge < -0.3 is 5.32 Å². The van der Waals surface area contributed by atoms with Gasteiger partial charge in [-0.15, -0.1) is 0 Å². The molecule has 0 saturated heterocycles. The molecule has 0 aliphatic rings. The largest absolute Gasteiger partial charge is 0.345 e. The lowest BCUT2D eigenvalue weighted by Gasteiger charge is -2.16. The molecule has 0 bridgehead atoms. The molecule has 0 unspecified atom stereocenters. The van der Waals surface area contributed by atoms with Gasteiger partial charge in [-0.05, 0) is 41.7 Å². The topological polar surface area (TPSA) is 59.1 Å². The summed E-state index contributed by atoms with van der Waals surface area (Å²) >= 11 is 1.29. The van der Waals surface area contributed by atoms with E-state index in [1.54, 1.807) is 25.4 Å². The Morgan fingerprint density at radius 3 is 2.27 bits per heavy atom. The standard InChI is InChI=1S/C25H26N2O2S/c1-18(15-20-10-12-23(13-11-20)22-8-4-3-5-9-22)30-25(29)19(2)27-24(28)16-21-7-6-14-26-17-21/h3-14,17-19H,15-16H2,1-2H3,(H,27,28)/t18-,19+/m0/s1. The van der Waals surface area contributed by atoms with E-state index >= 15 is 0 Å². The van der Waals surface area contributed by atoms with Gasteiger partial charge >= 0.3 is 0 Å². The molecule has 0 fully saturated rings. The highest BCUT2D eigenvalue weighted by Gasteiger charge is 2.19. The molecule has 2 aromatic carbocycles. The number of rotatable bonds is 8. The lowest BCUT2D eigenvalue weighted by Crippen LogP contribution is -2.38. The zero-order chi connectivity index (χ0) is 21.3. The summed E-state index contributed by atoms with van der Waals surface area (Å²) in [6.45, 7) is 3.77. The average Bonchev–Trinajstić information content (AvgIpc) is 2.75. The predicted octanol–water partition coefficient (Wildman–Crippen LogP) is 4.69. The van der Waals surface area contributed by atoms with Gasteiger partial charge in [0.1, 0.15) is 0 Å². The fraction of sp³-hybridized carbons (Fsp3) is 0.240. The van der Waals surface area contributed by atoms with E-state index in [0.717, 1.165) is 12.0 Å². The van der Waals surface area contributed by atoms with Gasteiger partial charge in [0.15, 0.2) is 0 Å². The molecular formula is C25H26N2O2S. The van der Waals surface area contributed by atoms with Gasteiger partial charge in [0.2, 0.25) is 11.0 Å². The number of amides is 1. The van der Waals surface area contributed by atoms with Crippen LogP contribution in [0.25, 0.3) is 11.1 Å². The molecule has 1 aromatic heterocycles. The molecule has 5 heteroatoms. The van der Waals surface area contributed by atoms with E-state index in [2.05, 4.69) is 46.7 Å². The first-order chi connectivity index (χ1) is 14.5. The van der Waals surface area contributed by atoms with Crippen molar-refractivity contribution in [2.45, 2.75) is 38.0 Å². The van der Waals surface area contributed by atoms with Crippen molar-refractivity contribution < 1.29 is 9.59 Å². The highest BCUT2D eigenvalue weighted by molar-refractivity contribution is 8.14. The van der Waals surface area contributed by atoms with Crippen LogP contribution in [0.5, 0.6) is 0 Å². The summed E-state index contributed by atoms with van der Waals surface area (Å²) < 4.78 is 0. The number of thioether (sulfide) groups is 1. The summed E-state index contributed by atoms with van der Waals surface area (Å²) in [5.41, 5.74) is 4.39. The smallest absolute Gasteiger partial charge is 0.225 e. The van der Waals surface area contributed by atoms with Crippen LogP contribution in [-0.4, -0.2) is 27.3 Å². The van der Waals surface area contributed by atoms with E-state index in [1.807, 2.05) is 31.2 Å². The first kappa shape index (κ1) is 21.8. The number of hydrogen-bond donors (Lipinski definition) is 1. The normalized spacial score (nSPS) is 12.7. The van der Waals surface area contributed by atoms with Crippen LogP contribution in [0, 0.1) is 0 Å². The highest BCUT2D eigenvalue weighted by atomic mass is 32.2. The first-order valence-corrected chi connectivity index (χ1v) is 10.9. The molecule has 1 N–H and O–H groups in total. The van der Waals surface area contributed by atoms with Crippen LogP contribution in [0.1, 0.15) is 25.0 Å². The van der Waals surface area contributed by atoms with Crippen molar-refractivity contribution in [2.75, 3.05) is 0 Å². The van der Waals surface area contributed by atoms with Crippen LogP contribution in [0.3, 0.4) is 0 Å². The zero-order valence-corrected chi connectivity index (χ0v) is 18.1. The molecule has 0 spiro atoms. The Morgan fingerprint density at radius 1 is 0.900 bits per heavy atom. The Morgan fingerprint density at radius 2 is 1.60 bits per heavy atom. The number of hydrogen-bond acceptors (Lipinski definition) is 4. The Balaban J connectivity index is 1.47. The second kappa shape index (κ2) is 10.7. The SMILES string of the molecule is C[C@@H](Cc1ccc(-c2ccccc2)cc1)SC(=O)[C@@H](C)NC(=O)Cc1cccnc1. The van der Waals surface area contributed by atoms with E-state index in [9.17, 15) is 9.59 Å². The van der Waals surface area contributed by atoms with Crippen molar-refractivity contribution in [3.63, 3.8) is 0 Å². The summed E-state index contributed by atoms with van der Waals surface area (Å²) in [5, 5.41) is 2.88. The number of benzene rings is 2. The number of pyridine rings is 1. The maximum atomic E-state index is 12.5. The number of nitrogens with zero attached hydrogens (tertiary/aromatic N) is 1. The van der Waals surface area contributed by atoms with E-state index < -0.39 is 6.04 Å². The third-order valence-electron chi connectivity index (χ3n) is 4.72. The Bertz CT molecular complexity index is 959. The number of aromatic nitrogens is 1. The van der Waals surface area contributed by atoms with Crippen LogP contribution >= 0.6 is 11.8 Å². The molecule has 1 heterocycles. The minimum absolute atomic E-state index is 0.0251. The minimum Gasteiger partial charge on any atom is -0.345 e. The molecule has 2 atom stereocenters. The van der Waals surface area contributed by atoms with Gasteiger partial charge in [0.05, 0.1) is 12.5 Å². The molecule has 0 aliphatic heterocycles. The third-order valence-corrected chi connectivity index (χ3v) is 5.87. The molecular weight excluding hydrogens is 392 g/mol. The molecule has 3 aromatic rings.